The van der Waals surface area contributed by atoms with Crippen LogP contribution in [0.25, 0.3) is 0 Å². The summed E-state index contributed by atoms with van der Waals surface area (Å²) in [5.41, 5.74) is 2.69. The molecule has 0 heterocycles. The summed E-state index contributed by atoms with van der Waals surface area (Å²) in [6.45, 7) is 4.02. The van der Waals surface area contributed by atoms with Crippen LogP contribution in [-0.4, -0.2) is 25.8 Å². The molecule has 0 aliphatic heterocycles. The highest BCUT2D eigenvalue weighted by Gasteiger charge is 2.35. The Labute approximate surface area is 138 Å². The van der Waals surface area contributed by atoms with Gasteiger partial charge < -0.3 is 14.5 Å². The number of aliphatic hydroxyl groups excluding tert-OH is 1. The summed E-state index contributed by atoms with van der Waals surface area (Å²) in [6, 6.07) is 14.7. The molecule has 0 radical (unpaired) electrons. The molecule has 0 amide bonds. The van der Waals surface area contributed by atoms with Gasteiger partial charge in [-0.2, -0.15) is 0 Å². The molecule has 0 spiro atoms. The first-order chi connectivity index (χ1) is 10.9. The van der Waals surface area contributed by atoms with Gasteiger partial charge in [-0.25, -0.2) is 0 Å². The maximum Gasteiger partial charge on any atom is 0.264 e. The van der Waals surface area contributed by atoms with E-state index in [1.807, 2.05) is 50.2 Å². The number of benzene rings is 2. The number of rotatable bonds is 6. The summed E-state index contributed by atoms with van der Waals surface area (Å²) in [5, 5.41) is 11.2. The van der Waals surface area contributed by atoms with E-state index in [1.165, 1.54) is 0 Å². The number of aliphatic hydroxyl groups is 1. The Morgan fingerprint density at radius 3 is 2.13 bits per heavy atom. The van der Waals surface area contributed by atoms with Crippen molar-refractivity contribution in [2.45, 2.75) is 19.7 Å². The van der Waals surface area contributed by atoms with Gasteiger partial charge in [0, 0.05) is 25.1 Å². The molecule has 0 unspecified atom stereocenters. The average Bonchev–Trinajstić information content (AvgIpc) is 2.55. The Morgan fingerprint density at radius 1 is 1.09 bits per heavy atom. The summed E-state index contributed by atoms with van der Waals surface area (Å²) in [4.78, 5) is 1.96. The Morgan fingerprint density at radius 2 is 1.65 bits per heavy atom. The zero-order valence-corrected chi connectivity index (χ0v) is 15.0. The zero-order chi connectivity index (χ0) is 17.0. The Hall–Kier alpha value is -1.61. The number of hydrogen-bond donors (Lipinski definition) is 1. The highest BCUT2D eigenvalue weighted by Crippen LogP contribution is 2.57. The van der Waals surface area contributed by atoms with E-state index in [-0.39, 0.29) is 6.61 Å². The maximum atomic E-state index is 13.4. The van der Waals surface area contributed by atoms with E-state index in [4.69, 9.17) is 4.52 Å². The molecule has 1 N–H and O–H groups in total. The minimum Gasteiger partial charge on any atom is -0.378 e. The van der Waals surface area contributed by atoms with Gasteiger partial charge in [-0.15, -0.1) is 0 Å². The second-order valence-corrected chi connectivity index (χ2v) is 8.17. The molecule has 23 heavy (non-hydrogen) atoms. The topological polar surface area (TPSA) is 49.8 Å². The van der Waals surface area contributed by atoms with Crippen LogP contribution in [0, 0.1) is 6.92 Å². The monoisotopic (exact) mass is 333 g/mol. The number of hydrogen-bond acceptors (Lipinski definition) is 4. The lowest BCUT2D eigenvalue weighted by molar-refractivity contribution is 0.218. The predicted molar refractivity (Wildman–Crippen MR) is 95.8 cm³/mol. The van der Waals surface area contributed by atoms with Crippen molar-refractivity contribution in [3.05, 3.63) is 59.7 Å². The van der Waals surface area contributed by atoms with Gasteiger partial charge in [0.15, 0.2) is 5.85 Å². The summed E-state index contributed by atoms with van der Waals surface area (Å²) in [5.74, 6) is -1.17. The fourth-order valence-corrected chi connectivity index (χ4v) is 4.46. The molecule has 0 saturated carbocycles. The lowest BCUT2D eigenvalue weighted by Crippen LogP contribution is -2.16. The molecule has 0 aromatic heterocycles. The quantitative estimate of drug-likeness (QED) is 0.819. The average molecular weight is 333 g/mol. The first-order valence-corrected chi connectivity index (χ1v) is 9.34. The Bertz CT molecular complexity index is 680. The molecular weight excluding hydrogens is 309 g/mol. The first-order valence-electron chi connectivity index (χ1n) is 7.65. The van der Waals surface area contributed by atoms with Crippen LogP contribution in [0.1, 0.15) is 23.9 Å². The molecule has 4 nitrogen and oxygen atoms in total. The van der Waals surface area contributed by atoms with Crippen molar-refractivity contribution >= 4 is 18.4 Å². The number of nitrogens with zero attached hydrogens (tertiary/aromatic N) is 1. The van der Waals surface area contributed by atoms with Gasteiger partial charge in [0.1, 0.15) is 0 Å². The minimum absolute atomic E-state index is 0.273. The van der Waals surface area contributed by atoms with E-state index >= 15 is 0 Å². The molecule has 2 atom stereocenters. The number of aryl methyl sites for hydroxylation is 1. The zero-order valence-electron chi connectivity index (χ0n) is 14.1. The first kappa shape index (κ1) is 17.7. The molecule has 2 aromatic rings. The lowest BCUT2D eigenvalue weighted by atomic mass is 10.2. The second kappa shape index (κ2) is 7.31. The van der Waals surface area contributed by atoms with Gasteiger partial charge in [0.2, 0.25) is 0 Å². The van der Waals surface area contributed by atoms with E-state index in [2.05, 4.69) is 0 Å². The highest BCUT2D eigenvalue weighted by atomic mass is 31.2. The van der Waals surface area contributed by atoms with Crippen LogP contribution in [-0.2, 0) is 9.09 Å². The Balaban J connectivity index is 2.41. The standard InChI is InChI=1S/C18H24NO3P/c1-5-22-23(21,17-12-10-16(11-13-17)19(3)4)18(20)15-8-6-14(2)7-9-15/h6-13,18,20H,5H2,1-4H3/t18-,23-/m0/s1. The molecule has 2 rings (SSSR count). The van der Waals surface area contributed by atoms with E-state index < -0.39 is 13.2 Å². The van der Waals surface area contributed by atoms with Gasteiger partial charge in [-0.05, 0) is 43.7 Å². The van der Waals surface area contributed by atoms with Gasteiger partial charge in [-0.3, -0.25) is 4.57 Å². The van der Waals surface area contributed by atoms with Crippen LogP contribution < -0.4 is 10.2 Å². The normalized spacial score (nSPS) is 15.0. The maximum absolute atomic E-state index is 13.4. The summed E-state index contributed by atoms with van der Waals surface area (Å²) in [6.07, 6.45) is 0. The third-order valence-electron chi connectivity index (χ3n) is 3.74. The van der Waals surface area contributed by atoms with Crippen LogP contribution in [0.4, 0.5) is 5.69 Å². The van der Waals surface area contributed by atoms with Gasteiger partial charge in [0.25, 0.3) is 7.37 Å². The molecule has 0 saturated heterocycles. The second-order valence-electron chi connectivity index (χ2n) is 5.71. The van der Waals surface area contributed by atoms with Crippen LogP contribution in [0.15, 0.2) is 48.5 Å². The molecule has 0 bridgehead atoms. The summed E-state index contributed by atoms with van der Waals surface area (Å²) < 4.78 is 18.9. The van der Waals surface area contributed by atoms with Crippen molar-refractivity contribution in [3.63, 3.8) is 0 Å². The summed E-state index contributed by atoms with van der Waals surface area (Å²) in [7, 11) is 0.473. The number of anilines is 1. The van der Waals surface area contributed by atoms with Crippen molar-refractivity contribution in [1.82, 2.24) is 0 Å². The van der Waals surface area contributed by atoms with Crippen LogP contribution >= 0.6 is 7.37 Å². The fourth-order valence-electron chi connectivity index (χ4n) is 2.37. The van der Waals surface area contributed by atoms with E-state index in [0.29, 0.717) is 10.9 Å². The van der Waals surface area contributed by atoms with Gasteiger partial charge >= 0.3 is 0 Å². The molecule has 5 heteroatoms. The smallest absolute Gasteiger partial charge is 0.264 e. The van der Waals surface area contributed by atoms with Crippen LogP contribution in [0.2, 0.25) is 0 Å². The minimum atomic E-state index is -3.41. The third-order valence-corrected chi connectivity index (χ3v) is 6.35. The highest BCUT2D eigenvalue weighted by molar-refractivity contribution is 7.67. The largest absolute Gasteiger partial charge is 0.378 e. The molecular formula is C18H24NO3P. The van der Waals surface area contributed by atoms with Crippen molar-refractivity contribution in [2.75, 3.05) is 25.6 Å². The Kier molecular flexibility index (Phi) is 5.64. The van der Waals surface area contributed by atoms with Crippen LogP contribution in [0.3, 0.4) is 0 Å². The molecule has 0 aliphatic carbocycles. The predicted octanol–water partition coefficient (Wildman–Crippen LogP) is 3.69. The molecule has 124 valence electrons. The van der Waals surface area contributed by atoms with E-state index in [1.54, 1.807) is 31.2 Å². The van der Waals surface area contributed by atoms with E-state index in [9.17, 15) is 9.67 Å². The molecule has 0 fully saturated rings. The molecule has 0 aliphatic rings. The third kappa shape index (κ3) is 3.84. The van der Waals surface area contributed by atoms with Gasteiger partial charge in [0.05, 0.1) is 6.61 Å². The van der Waals surface area contributed by atoms with Crippen molar-refractivity contribution < 1.29 is 14.2 Å². The van der Waals surface area contributed by atoms with Crippen molar-refractivity contribution in [2.24, 2.45) is 0 Å². The molecule has 2 aromatic carbocycles. The lowest BCUT2D eigenvalue weighted by Gasteiger charge is -2.24. The van der Waals surface area contributed by atoms with Crippen molar-refractivity contribution in [1.29, 1.82) is 0 Å². The SMILES string of the molecule is CCO[P@@](=O)(c1ccc(N(C)C)cc1)[C@H](O)c1ccc(C)cc1. The van der Waals surface area contributed by atoms with Crippen molar-refractivity contribution in [3.8, 4) is 0 Å². The van der Waals surface area contributed by atoms with E-state index in [0.717, 1.165) is 11.3 Å². The van der Waals surface area contributed by atoms with Gasteiger partial charge in [-0.1, -0.05) is 29.8 Å². The summed E-state index contributed by atoms with van der Waals surface area (Å²) >= 11 is 0. The van der Waals surface area contributed by atoms with Crippen LogP contribution in [0.5, 0.6) is 0 Å². The fraction of sp³-hybridized carbons (Fsp3) is 0.333.